The third-order valence-corrected chi connectivity index (χ3v) is 3.70. The highest BCUT2D eigenvalue weighted by Crippen LogP contribution is 2.19. The Bertz CT molecular complexity index is 485. The first-order valence-corrected chi connectivity index (χ1v) is 6.94. The number of carbonyl (C=O) groups is 2. The van der Waals surface area contributed by atoms with Crippen molar-refractivity contribution in [3.8, 4) is 0 Å². The minimum Gasteiger partial charge on any atom is -0.349 e. The van der Waals surface area contributed by atoms with E-state index in [2.05, 4.69) is 5.32 Å². The van der Waals surface area contributed by atoms with Crippen LogP contribution in [0.15, 0.2) is 24.3 Å². The molecule has 0 spiro atoms. The van der Waals surface area contributed by atoms with Gasteiger partial charge in [-0.2, -0.15) is 0 Å². The van der Waals surface area contributed by atoms with Crippen LogP contribution in [0, 0.1) is 0 Å². The second-order valence-corrected chi connectivity index (χ2v) is 5.32. The van der Waals surface area contributed by atoms with Crippen molar-refractivity contribution in [3.05, 3.63) is 35.4 Å². The number of likely N-dealkylation sites (tertiary alicyclic amines) is 1. The highest BCUT2D eigenvalue weighted by molar-refractivity contribution is 5.98. The summed E-state index contributed by atoms with van der Waals surface area (Å²) >= 11 is 0. The molecule has 0 radical (unpaired) electrons. The summed E-state index contributed by atoms with van der Waals surface area (Å²) in [6, 6.07) is 7.34. The number of nitrogens with zero attached hydrogens (tertiary/aromatic N) is 1. The van der Waals surface area contributed by atoms with E-state index in [1.165, 1.54) is 0 Å². The molecule has 2 amide bonds. The maximum Gasteiger partial charge on any atom is 0.253 e. The molecule has 1 aromatic rings. The Balaban J connectivity index is 1.67. The van der Waals surface area contributed by atoms with Gasteiger partial charge in [-0.05, 0) is 49.9 Å². The molecule has 0 bridgehead atoms. The van der Waals surface area contributed by atoms with Gasteiger partial charge in [0.05, 0.1) is 0 Å². The summed E-state index contributed by atoms with van der Waals surface area (Å²) in [4.78, 5) is 25.8. The van der Waals surface area contributed by atoms with E-state index in [0.717, 1.165) is 38.8 Å². The standard InChI is InChI=1S/C15H18N2O2/c18-14(16-13-7-8-13)11-3-5-12(6-4-11)15(19)17-9-1-2-10-17/h3-6,13H,1-2,7-10H2,(H,16,18). The monoisotopic (exact) mass is 258 g/mol. The largest absolute Gasteiger partial charge is 0.349 e. The minimum absolute atomic E-state index is 0.0392. The predicted octanol–water partition coefficient (Wildman–Crippen LogP) is 1.81. The first kappa shape index (κ1) is 12.2. The molecule has 0 atom stereocenters. The molecule has 0 aromatic heterocycles. The SMILES string of the molecule is O=C(NC1CC1)c1ccc(C(=O)N2CCCC2)cc1. The fourth-order valence-electron chi connectivity index (χ4n) is 2.36. The Hall–Kier alpha value is -1.84. The molecule has 1 aromatic carbocycles. The molecule has 2 fully saturated rings. The van der Waals surface area contributed by atoms with Crippen LogP contribution < -0.4 is 5.32 Å². The van der Waals surface area contributed by atoms with Crippen molar-refractivity contribution in [2.24, 2.45) is 0 Å². The van der Waals surface area contributed by atoms with Gasteiger partial charge in [0.25, 0.3) is 11.8 Å². The predicted molar refractivity (Wildman–Crippen MR) is 72.1 cm³/mol. The molecule has 2 aliphatic rings. The van der Waals surface area contributed by atoms with Crippen molar-refractivity contribution < 1.29 is 9.59 Å². The molecule has 1 saturated carbocycles. The topological polar surface area (TPSA) is 49.4 Å². The van der Waals surface area contributed by atoms with Crippen LogP contribution in [0.3, 0.4) is 0 Å². The van der Waals surface area contributed by atoms with E-state index in [-0.39, 0.29) is 11.8 Å². The minimum atomic E-state index is -0.0392. The number of carbonyl (C=O) groups excluding carboxylic acids is 2. The number of amides is 2. The van der Waals surface area contributed by atoms with Gasteiger partial charge in [-0.15, -0.1) is 0 Å². The van der Waals surface area contributed by atoms with Gasteiger partial charge in [0.1, 0.15) is 0 Å². The molecule has 4 nitrogen and oxygen atoms in total. The van der Waals surface area contributed by atoms with Crippen molar-refractivity contribution in [1.82, 2.24) is 10.2 Å². The molecule has 1 aliphatic carbocycles. The zero-order valence-electron chi connectivity index (χ0n) is 10.9. The molecule has 100 valence electrons. The van der Waals surface area contributed by atoms with Gasteiger partial charge in [-0.25, -0.2) is 0 Å². The highest BCUT2D eigenvalue weighted by atomic mass is 16.2. The van der Waals surface area contributed by atoms with Gasteiger partial charge in [0.15, 0.2) is 0 Å². The van der Waals surface area contributed by atoms with E-state index in [4.69, 9.17) is 0 Å². The summed E-state index contributed by atoms with van der Waals surface area (Å²) < 4.78 is 0. The van der Waals surface area contributed by atoms with E-state index >= 15 is 0 Å². The smallest absolute Gasteiger partial charge is 0.253 e. The van der Waals surface area contributed by atoms with Crippen LogP contribution in [0.1, 0.15) is 46.4 Å². The first-order valence-electron chi connectivity index (χ1n) is 6.94. The van der Waals surface area contributed by atoms with Crippen LogP contribution in [0.5, 0.6) is 0 Å². The second-order valence-electron chi connectivity index (χ2n) is 5.32. The van der Waals surface area contributed by atoms with Gasteiger partial charge >= 0.3 is 0 Å². The van der Waals surface area contributed by atoms with E-state index in [0.29, 0.717) is 17.2 Å². The van der Waals surface area contributed by atoms with E-state index in [1.807, 2.05) is 4.90 Å². The van der Waals surface area contributed by atoms with Crippen LogP contribution >= 0.6 is 0 Å². The van der Waals surface area contributed by atoms with Gasteiger partial charge in [-0.1, -0.05) is 0 Å². The van der Waals surface area contributed by atoms with Crippen molar-refractivity contribution in [2.75, 3.05) is 13.1 Å². The fraction of sp³-hybridized carbons (Fsp3) is 0.467. The summed E-state index contributed by atoms with van der Waals surface area (Å²) in [6.45, 7) is 1.70. The molecule has 19 heavy (non-hydrogen) atoms. The van der Waals surface area contributed by atoms with Crippen molar-refractivity contribution >= 4 is 11.8 Å². The fourth-order valence-corrected chi connectivity index (χ4v) is 2.36. The lowest BCUT2D eigenvalue weighted by Gasteiger charge is -2.15. The van der Waals surface area contributed by atoms with Crippen molar-refractivity contribution in [1.29, 1.82) is 0 Å². The molecule has 1 aliphatic heterocycles. The summed E-state index contributed by atoms with van der Waals surface area (Å²) in [7, 11) is 0. The van der Waals surface area contributed by atoms with Gasteiger partial charge in [0, 0.05) is 30.3 Å². The van der Waals surface area contributed by atoms with Gasteiger partial charge < -0.3 is 10.2 Å². The van der Waals surface area contributed by atoms with Crippen LogP contribution in [0.25, 0.3) is 0 Å². The molecule has 4 heteroatoms. The molecule has 3 rings (SSSR count). The quantitative estimate of drug-likeness (QED) is 0.899. The summed E-state index contributed by atoms with van der Waals surface area (Å²) in [6.07, 6.45) is 4.34. The average molecular weight is 258 g/mol. The van der Waals surface area contributed by atoms with Crippen molar-refractivity contribution in [3.63, 3.8) is 0 Å². The summed E-state index contributed by atoms with van der Waals surface area (Å²) in [5, 5.41) is 2.94. The number of hydrogen-bond donors (Lipinski definition) is 1. The number of nitrogens with one attached hydrogen (secondary N) is 1. The molecule has 1 heterocycles. The van der Waals surface area contributed by atoms with E-state index < -0.39 is 0 Å². The zero-order chi connectivity index (χ0) is 13.2. The average Bonchev–Trinajstić information content (AvgIpc) is 3.08. The van der Waals surface area contributed by atoms with Gasteiger partial charge in [0.2, 0.25) is 0 Å². The Labute approximate surface area is 112 Å². The Morgan fingerprint density at radius 3 is 2.16 bits per heavy atom. The second kappa shape index (κ2) is 5.03. The van der Waals surface area contributed by atoms with Crippen molar-refractivity contribution in [2.45, 2.75) is 31.7 Å². The van der Waals surface area contributed by atoms with Gasteiger partial charge in [-0.3, -0.25) is 9.59 Å². The number of rotatable bonds is 3. The Morgan fingerprint density at radius 1 is 1.00 bits per heavy atom. The molecule has 1 N–H and O–H groups in total. The molecule has 0 unspecified atom stereocenters. The third-order valence-electron chi connectivity index (χ3n) is 3.70. The highest BCUT2D eigenvalue weighted by Gasteiger charge is 2.24. The van der Waals surface area contributed by atoms with Crippen LogP contribution in [-0.4, -0.2) is 35.8 Å². The number of benzene rings is 1. The Kier molecular flexibility index (Phi) is 3.23. The summed E-state index contributed by atoms with van der Waals surface area (Å²) in [5.41, 5.74) is 1.30. The third kappa shape index (κ3) is 2.78. The maximum atomic E-state index is 12.1. The van der Waals surface area contributed by atoms with Crippen LogP contribution in [-0.2, 0) is 0 Å². The van der Waals surface area contributed by atoms with E-state index in [1.54, 1.807) is 24.3 Å². The molecule has 1 saturated heterocycles. The first-order chi connectivity index (χ1) is 9.24. The van der Waals surface area contributed by atoms with Crippen LogP contribution in [0.2, 0.25) is 0 Å². The number of hydrogen-bond acceptors (Lipinski definition) is 2. The lowest BCUT2D eigenvalue weighted by molar-refractivity contribution is 0.0792. The summed E-state index contributed by atoms with van der Waals surface area (Å²) in [5.74, 6) is 0.0364. The molecular weight excluding hydrogens is 240 g/mol. The van der Waals surface area contributed by atoms with E-state index in [9.17, 15) is 9.59 Å². The Morgan fingerprint density at radius 2 is 1.58 bits per heavy atom. The normalized spacial score (nSPS) is 18.4. The maximum absolute atomic E-state index is 12.1. The lowest BCUT2D eigenvalue weighted by Crippen LogP contribution is -2.28. The lowest BCUT2D eigenvalue weighted by atomic mass is 10.1. The molecular formula is C15H18N2O2. The van der Waals surface area contributed by atoms with Crippen LogP contribution in [0.4, 0.5) is 0 Å². The zero-order valence-corrected chi connectivity index (χ0v) is 10.9.